The van der Waals surface area contributed by atoms with Crippen LogP contribution < -0.4 is 14.8 Å². The van der Waals surface area contributed by atoms with Crippen molar-refractivity contribution in [3.05, 3.63) is 59.7 Å². The summed E-state index contributed by atoms with van der Waals surface area (Å²) in [6.45, 7) is 0. The van der Waals surface area contributed by atoms with Gasteiger partial charge in [-0.1, -0.05) is 30.3 Å². The molecular formula is C19H21NO3. The van der Waals surface area contributed by atoms with Crippen LogP contribution in [0.1, 0.15) is 34.8 Å². The van der Waals surface area contributed by atoms with E-state index in [4.69, 9.17) is 9.47 Å². The second-order valence-corrected chi connectivity index (χ2v) is 5.80. The Morgan fingerprint density at radius 2 is 1.65 bits per heavy atom. The molecule has 1 unspecified atom stereocenters. The van der Waals surface area contributed by atoms with Gasteiger partial charge < -0.3 is 14.8 Å². The maximum atomic E-state index is 12.7. The topological polar surface area (TPSA) is 47.6 Å². The molecule has 1 atom stereocenters. The van der Waals surface area contributed by atoms with E-state index < -0.39 is 0 Å². The zero-order chi connectivity index (χ0) is 16.2. The summed E-state index contributed by atoms with van der Waals surface area (Å²) in [7, 11) is 3.15. The van der Waals surface area contributed by atoms with Crippen molar-refractivity contribution in [2.45, 2.75) is 18.9 Å². The summed E-state index contributed by atoms with van der Waals surface area (Å²) in [6, 6.07) is 15.4. The van der Waals surface area contributed by atoms with E-state index in [0.29, 0.717) is 23.0 Å². The van der Waals surface area contributed by atoms with Crippen LogP contribution in [0.5, 0.6) is 11.5 Å². The Balaban J connectivity index is 1.82. The van der Waals surface area contributed by atoms with Crippen LogP contribution in [-0.2, 0) is 0 Å². The standard InChI is InChI=1S/C19H21NO3/c1-22-16-10-15(11-17(12-16)23-2)19(21)20-18(14-8-9-14)13-6-4-3-5-7-13/h3-7,10-12,14,18H,8-9H2,1-2H3,(H,20,21). The fourth-order valence-electron chi connectivity index (χ4n) is 2.73. The Morgan fingerprint density at radius 3 is 2.17 bits per heavy atom. The molecule has 4 nitrogen and oxygen atoms in total. The quantitative estimate of drug-likeness (QED) is 0.887. The third-order valence-corrected chi connectivity index (χ3v) is 4.15. The molecule has 0 aromatic heterocycles. The Morgan fingerprint density at radius 1 is 1.04 bits per heavy atom. The summed E-state index contributed by atoms with van der Waals surface area (Å²) in [6.07, 6.45) is 2.31. The maximum absolute atomic E-state index is 12.7. The van der Waals surface area contributed by atoms with Crippen molar-refractivity contribution in [2.75, 3.05) is 14.2 Å². The molecule has 23 heavy (non-hydrogen) atoms. The largest absolute Gasteiger partial charge is 0.497 e. The van der Waals surface area contributed by atoms with Gasteiger partial charge in [-0.3, -0.25) is 4.79 Å². The number of methoxy groups -OCH3 is 2. The lowest BCUT2D eigenvalue weighted by Gasteiger charge is -2.19. The first kappa shape index (κ1) is 15.4. The molecule has 1 N–H and O–H groups in total. The fourth-order valence-corrected chi connectivity index (χ4v) is 2.73. The molecule has 1 saturated carbocycles. The number of benzene rings is 2. The van der Waals surface area contributed by atoms with Crippen LogP contribution >= 0.6 is 0 Å². The van der Waals surface area contributed by atoms with E-state index in [0.717, 1.165) is 18.4 Å². The Kier molecular flexibility index (Phi) is 4.51. The minimum Gasteiger partial charge on any atom is -0.497 e. The van der Waals surface area contributed by atoms with Gasteiger partial charge in [0.15, 0.2) is 0 Å². The number of nitrogens with one attached hydrogen (secondary N) is 1. The van der Waals surface area contributed by atoms with Gasteiger partial charge in [0.1, 0.15) is 11.5 Å². The highest BCUT2D eigenvalue weighted by molar-refractivity contribution is 5.95. The van der Waals surface area contributed by atoms with Gasteiger partial charge in [-0.2, -0.15) is 0 Å². The monoisotopic (exact) mass is 311 g/mol. The number of amides is 1. The van der Waals surface area contributed by atoms with Crippen LogP contribution in [0, 0.1) is 5.92 Å². The molecule has 2 aromatic carbocycles. The van der Waals surface area contributed by atoms with Crippen LogP contribution in [0.3, 0.4) is 0 Å². The summed E-state index contributed by atoms with van der Waals surface area (Å²) in [5, 5.41) is 3.16. The van der Waals surface area contributed by atoms with Crippen LogP contribution in [0.4, 0.5) is 0 Å². The van der Waals surface area contributed by atoms with Crippen LogP contribution in [0.15, 0.2) is 48.5 Å². The Bertz CT molecular complexity index is 658. The van der Waals surface area contributed by atoms with Crippen molar-refractivity contribution in [1.29, 1.82) is 0 Å². The van der Waals surface area contributed by atoms with E-state index in [9.17, 15) is 4.79 Å². The van der Waals surface area contributed by atoms with Gasteiger partial charge in [-0.05, 0) is 36.5 Å². The van der Waals surface area contributed by atoms with Gasteiger partial charge >= 0.3 is 0 Å². The molecule has 120 valence electrons. The molecule has 4 heteroatoms. The van der Waals surface area contributed by atoms with E-state index >= 15 is 0 Å². The van der Waals surface area contributed by atoms with Crippen molar-refractivity contribution in [1.82, 2.24) is 5.32 Å². The summed E-state index contributed by atoms with van der Waals surface area (Å²) < 4.78 is 10.5. The highest BCUT2D eigenvalue weighted by Crippen LogP contribution is 2.41. The third kappa shape index (κ3) is 3.65. The number of carbonyl (C=O) groups is 1. The SMILES string of the molecule is COc1cc(OC)cc(C(=O)NC(c2ccccc2)C2CC2)c1. The van der Waals surface area contributed by atoms with Crippen molar-refractivity contribution in [3.63, 3.8) is 0 Å². The highest BCUT2D eigenvalue weighted by Gasteiger charge is 2.33. The molecule has 3 rings (SSSR count). The van der Waals surface area contributed by atoms with Crippen molar-refractivity contribution < 1.29 is 14.3 Å². The lowest BCUT2D eigenvalue weighted by atomic mass is 10.0. The molecule has 0 spiro atoms. The van der Waals surface area contributed by atoms with E-state index in [2.05, 4.69) is 17.4 Å². The van der Waals surface area contributed by atoms with E-state index in [1.54, 1.807) is 32.4 Å². The molecular weight excluding hydrogens is 290 g/mol. The molecule has 0 aliphatic heterocycles. The summed E-state index contributed by atoms with van der Waals surface area (Å²) in [5.41, 5.74) is 1.70. The van der Waals surface area contributed by atoms with E-state index in [1.807, 2.05) is 18.2 Å². The molecule has 0 radical (unpaired) electrons. The molecule has 0 bridgehead atoms. The van der Waals surface area contributed by atoms with Crippen molar-refractivity contribution in [3.8, 4) is 11.5 Å². The number of hydrogen-bond acceptors (Lipinski definition) is 3. The van der Waals surface area contributed by atoms with Gasteiger partial charge in [-0.25, -0.2) is 0 Å². The van der Waals surface area contributed by atoms with Gasteiger partial charge in [0.05, 0.1) is 20.3 Å². The summed E-state index contributed by atoms with van der Waals surface area (Å²) in [4.78, 5) is 12.7. The average Bonchev–Trinajstić information content (AvgIpc) is 3.44. The molecule has 1 aliphatic carbocycles. The lowest BCUT2D eigenvalue weighted by Crippen LogP contribution is -2.29. The van der Waals surface area contributed by atoms with Crippen LogP contribution in [-0.4, -0.2) is 20.1 Å². The predicted molar refractivity (Wildman–Crippen MR) is 88.9 cm³/mol. The average molecular weight is 311 g/mol. The molecule has 1 fully saturated rings. The van der Waals surface area contributed by atoms with Gasteiger partial charge in [0.2, 0.25) is 0 Å². The molecule has 0 saturated heterocycles. The second kappa shape index (κ2) is 6.73. The van der Waals surface area contributed by atoms with E-state index in [-0.39, 0.29) is 11.9 Å². The van der Waals surface area contributed by atoms with Crippen molar-refractivity contribution in [2.24, 2.45) is 5.92 Å². The first-order valence-electron chi connectivity index (χ1n) is 7.80. The van der Waals surface area contributed by atoms with Gasteiger partial charge in [-0.15, -0.1) is 0 Å². The van der Waals surface area contributed by atoms with Crippen LogP contribution in [0.2, 0.25) is 0 Å². The first-order valence-corrected chi connectivity index (χ1v) is 7.80. The Hall–Kier alpha value is -2.49. The highest BCUT2D eigenvalue weighted by atomic mass is 16.5. The molecule has 1 amide bonds. The third-order valence-electron chi connectivity index (χ3n) is 4.15. The summed E-state index contributed by atoms with van der Waals surface area (Å²) >= 11 is 0. The molecule has 1 aliphatic rings. The second-order valence-electron chi connectivity index (χ2n) is 5.80. The lowest BCUT2D eigenvalue weighted by molar-refractivity contribution is 0.0931. The predicted octanol–water partition coefficient (Wildman–Crippen LogP) is 3.58. The van der Waals surface area contributed by atoms with Crippen LogP contribution in [0.25, 0.3) is 0 Å². The van der Waals surface area contributed by atoms with Crippen molar-refractivity contribution >= 4 is 5.91 Å². The first-order chi connectivity index (χ1) is 11.2. The number of rotatable bonds is 6. The van der Waals surface area contributed by atoms with Gasteiger partial charge in [0.25, 0.3) is 5.91 Å². The molecule has 0 heterocycles. The minimum absolute atomic E-state index is 0.0564. The maximum Gasteiger partial charge on any atom is 0.252 e. The summed E-state index contributed by atoms with van der Waals surface area (Å²) in [5.74, 6) is 1.63. The number of carbonyl (C=O) groups excluding carboxylic acids is 1. The van der Waals surface area contributed by atoms with E-state index in [1.165, 1.54) is 0 Å². The number of ether oxygens (including phenoxy) is 2. The zero-order valence-corrected chi connectivity index (χ0v) is 13.4. The Labute approximate surface area is 136 Å². The number of hydrogen-bond donors (Lipinski definition) is 1. The molecule has 2 aromatic rings. The van der Waals surface area contributed by atoms with Gasteiger partial charge in [0, 0.05) is 11.6 Å². The fraction of sp³-hybridized carbons (Fsp3) is 0.316. The zero-order valence-electron chi connectivity index (χ0n) is 13.4. The smallest absolute Gasteiger partial charge is 0.252 e. The normalized spacial score (nSPS) is 14.9. The minimum atomic E-state index is -0.108.